The molecular weight excluding hydrogens is 444 g/mol. The molecule has 0 aliphatic heterocycles. The van der Waals surface area contributed by atoms with Gasteiger partial charge in [0.15, 0.2) is 5.76 Å². The van der Waals surface area contributed by atoms with Gasteiger partial charge in [0, 0.05) is 26.9 Å². The fraction of sp³-hybridized carbons (Fsp3) is 0.208. The molecule has 1 aromatic carbocycles. The second kappa shape index (κ2) is 9.14. The largest absolute Gasteiger partial charge is 0.459 e. The van der Waals surface area contributed by atoms with Crippen molar-refractivity contribution in [2.45, 2.75) is 33.7 Å². The molecule has 0 aliphatic carbocycles. The topological polar surface area (TPSA) is 80.0 Å². The number of carbonyl (C=O) groups is 1. The lowest BCUT2D eigenvalue weighted by atomic mass is 9.96. The molecule has 8 heteroatoms. The molecule has 3 heterocycles. The minimum Gasteiger partial charge on any atom is -0.459 e. The maximum Gasteiger partial charge on any atom is 0.291 e. The number of halogens is 1. The summed E-state index contributed by atoms with van der Waals surface area (Å²) in [5.41, 5.74) is 4.77. The second-order valence-electron chi connectivity index (χ2n) is 7.56. The fourth-order valence-corrected chi connectivity index (χ4v) is 4.77. The van der Waals surface area contributed by atoms with E-state index in [1.165, 1.54) is 17.6 Å². The van der Waals surface area contributed by atoms with Crippen LogP contribution in [-0.4, -0.2) is 15.9 Å². The summed E-state index contributed by atoms with van der Waals surface area (Å²) in [4.78, 5) is 23.0. The van der Waals surface area contributed by atoms with E-state index in [0.717, 1.165) is 38.0 Å². The van der Waals surface area contributed by atoms with Gasteiger partial charge in [-0.25, -0.2) is 9.97 Å². The Morgan fingerprint density at radius 3 is 2.38 bits per heavy atom. The molecule has 0 aliphatic rings. The SMILES string of the molecule is Cc1cc(C)nc(N[C@@H](c2ccc(Cl)cc2)c2c(NC(=O)c3ccco3)sc(C)c2C)n1. The average Bonchev–Trinajstić information content (AvgIpc) is 3.36. The Hall–Kier alpha value is -3.16. The maximum absolute atomic E-state index is 12.7. The van der Waals surface area contributed by atoms with Crippen LogP contribution < -0.4 is 10.6 Å². The summed E-state index contributed by atoms with van der Waals surface area (Å²) in [6, 6.07) is 12.6. The van der Waals surface area contributed by atoms with Gasteiger partial charge in [0.1, 0.15) is 5.00 Å². The summed E-state index contributed by atoms with van der Waals surface area (Å²) in [6.07, 6.45) is 1.48. The number of nitrogens with one attached hydrogen (secondary N) is 2. The van der Waals surface area contributed by atoms with Crippen molar-refractivity contribution in [3.05, 3.63) is 92.5 Å². The van der Waals surface area contributed by atoms with Crippen molar-refractivity contribution >= 4 is 39.8 Å². The molecule has 164 valence electrons. The lowest BCUT2D eigenvalue weighted by Crippen LogP contribution is -2.18. The van der Waals surface area contributed by atoms with Crippen LogP contribution in [0, 0.1) is 27.7 Å². The number of amides is 1. The van der Waals surface area contributed by atoms with E-state index in [9.17, 15) is 4.79 Å². The highest BCUT2D eigenvalue weighted by atomic mass is 35.5. The summed E-state index contributed by atoms with van der Waals surface area (Å²) >= 11 is 7.68. The van der Waals surface area contributed by atoms with E-state index in [4.69, 9.17) is 16.0 Å². The van der Waals surface area contributed by atoms with E-state index >= 15 is 0 Å². The van der Waals surface area contributed by atoms with Crippen LogP contribution in [0.15, 0.2) is 53.1 Å². The van der Waals surface area contributed by atoms with Gasteiger partial charge in [0.2, 0.25) is 5.95 Å². The number of anilines is 2. The average molecular weight is 467 g/mol. The number of thiophene rings is 1. The molecule has 0 spiro atoms. The number of aromatic nitrogens is 2. The Labute approximate surface area is 195 Å². The van der Waals surface area contributed by atoms with Crippen molar-refractivity contribution in [1.82, 2.24) is 9.97 Å². The molecule has 4 aromatic rings. The highest BCUT2D eigenvalue weighted by molar-refractivity contribution is 7.16. The van der Waals surface area contributed by atoms with Gasteiger partial charge in [-0.3, -0.25) is 4.79 Å². The number of benzene rings is 1. The summed E-state index contributed by atoms with van der Waals surface area (Å²) in [5, 5.41) is 7.91. The zero-order valence-electron chi connectivity index (χ0n) is 18.2. The van der Waals surface area contributed by atoms with E-state index in [-0.39, 0.29) is 17.7 Å². The first-order valence-corrected chi connectivity index (χ1v) is 11.3. The molecular formula is C24H23ClN4O2S. The summed E-state index contributed by atoms with van der Waals surface area (Å²) < 4.78 is 5.27. The molecule has 4 rings (SSSR count). The normalized spacial score (nSPS) is 11.9. The fourth-order valence-electron chi connectivity index (χ4n) is 3.55. The monoisotopic (exact) mass is 466 g/mol. The van der Waals surface area contributed by atoms with Gasteiger partial charge in [-0.2, -0.15) is 0 Å². The van der Waals surface area contributed by atoms with Crippen molar-refractivity contribution in [2.24, 2.45) is 0 Å². The second-order valence-corrected chi connectivity index (χ2v) is 9.22. The Balaban J connectivity index is 1.80. The number of furan rings is 1. The van der Waals surface area contributed by atoms with Crippen molar-refractivity contribution in [3.63, 3.8) is 0 Å². The standard InChI is InChI=1S/C24H23ClN4O2S/c1-13-12-14(2)27-24(26-13)28-21(17-7-9-18(25)10-8-17)20-15(3)16(4)32-23(20)29-22(30)19-6-5-11-31-19/h5-12,21H,1-4H3,(H,29,30)(H,26,27,28)/t21-/m0/s1. The van der Waals surface area contributed by atoms with Gasteiger partial charge in [0.05, 0.1) is 12.3 Å². The third-order valence-electron chi connectivity index (χ3n) is 5.15. The molecule has 32 heavy (non-hydrogen) atoms. The minimum absolute atomic E-state index is 0.258. The lowest BCUT2D eigenvalue weighted by Gasteiger charge is -2.22. The Morgan fingerprint density at radius 1 is 1.06 bits per heavy atom. The van der Waals surface area contributed by atoms with Gasteiger partial charge in [-0.1, -0.05) is 23.7 Å². The van der Waals surface area contributed by atoms with Crippen LogP contribution >= 0.6 is 22.9 Å². The molecule has 0 radical (unpaired) electrons. The van der Waals surface area contributed by atoms with Crippen LogP contribution in [0.25, 0.3) is 0 Å². The van der Waals surface area contributed by atoms with Gasteiger partial charge < -0.3 is 15.1 Å². The highest BCUT2D eigenvalue weighted by Crippen LogP contribution is 2.41. The number of aryl methyl sites for hydroxylation is 3. The number of hydrogen-bond acceptors (Lipinski definition) is 6. The van der Waals surface area contributed by atoms with Crippen LogP contribution in [-0.2, 0) is 0 Å². The zero-order valence-corrected chi connectivity index (χ0v) is 19.8. The van der Waals surface area contributed by atoms with E-state index in [0.29, 0.717) is 11.0 Å². The van der Waals surface area contributed by atoms with Crippen molar-refractivity contribution < 1.29 is 9.21 Å². The number of nitrogens with zero attached hydrogens (tertiary/aromatic N) is 2. The van der Waals surface area contributed by atoms with Crippen LogP contribution in [0.2, 0.25) is 5.02 Å². The maximum atomic E-state index is 12.7. The molecule has 0 saturated heterocycles. The first-order valence-electron chi connectivity index (χ1n) is 10.1. The highest BCUT2D eigenvalue weighted by Gasteiger charge is 2.26. The van der Waals surface area contributed by atoms with Crippen molar-refractivity contribution in [3.8, 4) is 0 Å². The van der Waals surface area contributed by atoms with E-state index in [1.54, 1.807) is 12.1 Å². The van der Waals surface area contributed by atoms with Crippen molar-refractivity contribution in [1.29, 1.82) is 0 Å². The van der Waals surface area contributed by atoms with Gasteiger partial charge in [0.25, 0.3) is 5.91 Å². The van der Waals surface area contributed by atoms with E-state index in [2.05, 4.69) is 27.5 Å². The molecule has 1 amide bonds. The van der Waals surface area contributed by atoms with Gasteiger partial charge in [-0.05, 0) is 69.2 Å². The van der Waals surface area contributed by atoms with Gasteiger partial charge in [-0.15, -0.1) is 11.3 Å². The smallest absolute Gasteiger partial charge is 0.291 e. The molecule has 1 atom stereocenters. The predicted octanol–water partition coefficient (Wildman–Crippen LogP) is 6.47. The molecule has 2 N–H and O–H groups in total. The van der Waals surface area contributed by atoms with Crippen LogP contribution in [0.4, 0.5) is 10.9 Å². The van der Waals surface area contributed by atoms with Crippen molar-refractivity contribution in [2.75, 3.05) is 10.6 Å². The third-order valence-corrected chi connectivity index (χ3v) is 6.54. The number of carbonyl (C=O) groups excluding carboxylic acids is 1. The first-order chi connectivity index (χ1) is 15.3. The quantitative estimate of drug-likeness (QED) is 0.340. The third kappa shape index (κ3) is 4.69. The number of rotatable bonds is 6. The molecule has 6 nitrogen and oxygen atoms in total. The summed E-state index contributed by atoms with van der Waals surface area (Å²) in [5.74, 6) is 0.484. The van der Waals surface area contributed by atoms with Crippen LogP contribution in [0.5, 0.6) is 0 Å². The van der Waals surface area contributed by atoms with E-state index < -0.39 is 0 Å². The van der Waals surface area contributed by atoms with E-state index in [1.807, 2.05) is 51.1 Å². The minimum atomic E-state index is -0.301. The zero-order chi connectivity index (χ0) is 22.8. The summed E-state index contributed by atoms with van der Waals surface area (Å²) in [6.45, 7) is 7.97. The van der Waals surface area contributed by atoms with Crippen LogP contribution in [0.1, 0.15) is 49.6 Å². The number of hydrogen-bond donors (Lipinski definition) is 2. The van der Waals surface area contributed by atoms with Crippen LogP contribution in [0.3, 0.4) is 0 Å². The first kappa shape index (κ1) is 22.0. The Kier molecular flexibility index (Phi) is 6.30. The van der Waals surface area contributed by atoms with Gasteiger partial charge >= 0.3 is 0 Å². The molecule has 0 bridgehead atoms. The molecule has 0 unspecified atom stereocenters. The predicted molar refractivity (Wildman–Crippen MR) is 129 cm³/mol. The molecule has 0 fully saturated rings. The lowest BCUT2D eigenvalue weighted by molar-refractivity contribution is 0.0997. The molecule has 0 saturated carbocycles. The Bertz CT molecular complexity index is 1230. The summed E-state index contributed by atoms with van der Waals surface area (Å²) in [7, 11) is 0. The Morgan fingerprint density at radius 2 is 1.75 bits per heavy atom. The molecule has 3 aromatic heterocycles.